The second-order valence-electron chi connectivity index (χ2n) is 4.78. The first kappa shape index (κ1) is 12.7. The van der Waals surface area contributed by atoms with Crippen LogP contribution in [0.15, 0.2) is 43.0 Å². The van der Waals surface area contributed by atoms with Crippen LogP contribution in [0.4, 0.5) is 0 Å². The van der Waals surface area contributed by atoms with E-state index in [9.17, 15) is 5.11 Å². The van der Waals surface area contributed by atoms with Crippen LogP contribution < -0.4 is 0 Å². The maximum absolute atomic E-state index is 10.4. The normalized spacial score (nSPS) is 12.7. The largest absolute Gasteiger partial charge is 0.388 e. The molecule has 0 spiro atoms. The van der Waals surface area contributed by atoms with E-state index in [0.717, 1.165) is 28.8 Å². The number of aromatic nitrogens is 4. The number of rotatable bonds is 4. The summed E-state index contributed by atoms with van der Waals surface area (Å²) in [6.07, 6.45) is 7.76. The molecule has 2 aromatic heterocycles. The number of para-hydroxylation sites is 1. The Bertz CT molecular complexity index is 717. The molecule has 0 saturated heterocycles. The lowest BCUT2D eigenvalue weighted by atomic mass is 10.0. The van der Waals surface area contributed by atoms with Gasteiger partial charge in [0.2, 0.25) is 0 Å². The first-order chi connectivity index (χ1) is 9.75. The van der Waals surface area contributed by atoms with E-state index in [1.807, 2.05) is 36.0 Å². The summed E-state index contributed by atoms with van der Waals surface area (Å²) in [4.78, 5) is 12.8. The van der Waals surface area contributed by atoms with E-state index < -0.39 is 6.10 Å². The molecule has 5 heteroatoms. The Labute approximate surface area is 117 Å². The number of aliphatic hydroxyl groups excluding tert-OH is 1. The molecule has 2 heterocycles. The van der Waals surface area contributed by atoms with Crippen molar-refractivity contribution in [2.75, 3.05) is 0 Å². The lowest BCUT2D eigenvalue weighted by Crippen LogP contribution is -2.04. The summed E-state index contributed by atoms with van der Waals surface area (Å²) >= 11 is 0. The standard InChI is InChI=1S/C15H16N4O/c1-19-10-9-17-14(19)6-5-13(20)11-3-2-4-12-15(11)18-8-7-16-12/h2-4,7-10,13,20H,5-6H2,1H3. The minimum Gasteiger partial charge on any atom is -0.388 e. The molecule has 3 aromatic rings. The van der Waals surface area contributed by atoms with Crippen molar-refractivity contribution in [1.82, 2.24) is 19.5 Å². The zero-order valence-electron chi connectivity index (χ0n) is 11.3. The molecule has 0 saturated carbocycles. The van der Waals surface area contributed by atoms with Gasteiger partial charge in [0.15, 0.2) is 0 Å². The predicted octanol–water partition coefficient (Wildman–Crippen LogP) is 2.03. The molecule has 1 N–H and O–H groups in total. The van der Waals surface area contributed by atoms with Crippen molar-refractivity contribution < 1.29 is 5.11 Å². The predicted molar refractivity (Wildman–Crippen MR) is 76.0 cm³/mol. The van der Waals surface area contributed by atoms with Gasteiger partial charge in [0.05, 0.1) is 17.1 Å². The summed E-state index contributed by atoms with van der Waals surface area (Å²) in [6, 6.07) is 5.70. The first-order valence-electron chi connectivity index (χ1n) is 6.59. The van der Waals surface area contributed by atoms with Crippen LogP contribution in [0.1, 0.15) is 23.9 Å². The lowest BCUT2D eigenvalue weighted by molar-refractivity contribution is 0.168. The molecule has 0 amide bonds. The van der Waals surface area contributed by atoms with E-state index in [-0.39, 0.29) is 0 Å². The minimum atomic E-state index is -0.563. The topological polar surface area (TPSA) is 63.8 Å². The van der Waals surface area contributed by atoms with Gasteiger partial charge in [-0.3, -0.25) is 9.97 Å². The van der Waals surface area contributed by atoms with E-state index in [2.05, 4.69) is 15.0 Å². The third-order valence-electron chi connectivity index (χ3n) is 3.45. The fourth-order valence-corrected chi connectivity index (χ4v) is 2.34. The molecule has 0 aliphatic heterocycles. The van der Waals surface area contributed by atoms with Gasteiger partial charge in [0.25, 0.3) is 0 Å². The quantitative estimate of drug-likeness (QED) is 0.786. The summed E-state index contributed by atoms with van der Waals surface area (Å²) in [7, 11) is 1.96. The maximum atomic E-state index is 10.4. The van der Waals surface area contributed by atoms with E-state index in [1.54, 1.807) is 18.6 Å². The van der Waals surface area contributed by atoms with Gasteiger partial charge in [-0.15, -0.1) is 0 Å². The maximum Gasteiger partial charge on any atom is 0.108 e. The summed E-state index contributed by atoms with van der Waals surface area (Å²) in [5.41, 5.74) is 2.40. The van der Waals surface area contributed by atoms with E-state index in [0.29, 0.717) is 6.42 Å². The van der Waals surface area contributed by atoms with Crippen molar-refractivity contribution >= 4 is 11.0 Å². The van der Waals surface area contributed by atoms with Gasteiger partial charge in [-0.05, 0) is 12.5 Å². The monoisotopic (exact) mass is 268 g/mol. The summed E-state index contributed by atoms with van der Waals surface area (Å²) in [5, 5.41) is 10.4. The van der Waals surface area contributed by atoms with Gasteiger partial charge in [0.1, 0.15) is 5.82 Å². The molecule has 5 nitrogen and oxygen atoms in total. The molecule has 0 aliphatic carbocycles. The van der Waals surface area contributed by atoms with E-state index in [1.165, 1.54) is 0 Å². The summed E-state index contributed by atoms with van der Waals surface area (Å²) < 4.78 is 1.97. The highest BCUT2D eigenvalue weighted by atomic mass is 16.3. The molecule has 0 bridgehead atoms. The zero-order chi connectivity index (χ0) is 13.9. The Balaban J connectivity index is 1.82. The number of hydrogen-bond donors (Lipinski definition) is 1. The fourth-order valence-electron chi connectivity index (χ4n) is 2.34. The summed E-state index contributed by atoms with van der Waals surface area (Å²) in [6.45, 7) is 0. The van der Waals surface area contributed by atoms with Crippen LogP contribution in [0.3, 0.4) is 0 Å². The molecule has 1 atom stereocenters. The van der Waals surface area contributed by atoms with Crippen molar-refractivity contribution in [2.24, 2.45) is 7.05 Å². The number of nitrogens with zero attached hydrogens (tertiary/aromatic N) is 4. The number of aryl methyl sites for hydroxylation is 2. The van der Waals surface area contributed by atoms with Crippen molar-refractivity contribution in [1.29, 1.82) is 0 Å². The molecule has 1 unspecified atom stereocenters. The third-order valence-corrected chi connectivity index (χ3v) is 3.45. The zero-order valence-corrected chi connectivity index (χ0v) is 11.3. The van der Waals surface area contributed by atoms with Crippen LogP contribution in [-0.2, 0) is 13.5 Å². The van der Waals surface area contributed by atoms with Gasteiger partial charge < -0.3 is 9.67 Å². The number of fused-ring (bicyclic) bond motifs is 1. The van der Waals surface area contributed by atoms with Gasteiger partial charge >= 0.3 is 0 Å². The highest BCUT2D eigenvalue weighted by Gasteiger charge is 2.13. The average Bonchev–Trinajstić information content (AvgIpc) is 2.89. The van der Waals surface area contributed by atoms with Crippen LogP contribution in [0.2, 0.25) is 0 Å². The van der Waals surface area contributed by atoms with Crippen LogP contribution in [0, 0.1) is 0 Å². The Morgan fingerprint density at radius 1 is 1.15 bits per heavy atom. The van der Waals surface area contributed by atoms with Crippen molar-refractivity contribution in [3.05, 3.63) is 54.4 Å². The van der Waals surface area contributed by atoms with Gasteiger partial charge in [-0.25, -0.2) is 4.98 Å². The first-order valence-corrected chi connectivity index (χ1v) is 6.59. The second-order valence-corrected chi connectivity index (χ2v) is 4.78. The molecule has 1 aromatic carbocycles. The second kappa shape index (κ2) is 5.38. The van der Waals surface area contributed by atoms with Gasteiger partial charge in [0, 0.05) is 43.8 Å². The molecule has 0 aliphatic rings. The smallest absolute Gasteiger partial charge is 0.108 e. The Morgan fingerprint density at radius 3 is 2.80 bits per heavy atom. The van der Waals surface area contributed by atoms with Crippen LogP contribution >= 0.6 is 0 Å². The molecular weight excluding hydrogens is 252 g/mol. The number of aliphatic hydroxyl groups is 1. The van der Waals surface area contributed by atoms with E-state index in [4.69, 9.17) is 0 Å². The molecule has 0 radical (unpaired) electrons. The van der Waals surface area contributed by atoms with Crippen molar-refractivity contribution in [3.8, 4) is 0 Å². The van der Waals surface area contributed by atoms with Gasteiger partial charge in [-0.2, -0.15) is 0 Å². The number of benzene rings is 1. The molecule has 20 heavy (non-hydrogen) atoms. The van der Waals surface area contributed by atoms with Crippen LogP contribution in [-0.4, -0.2) is 24.6 Å². The lowest BCUT2D eigenvalue weighted by Gasteiger charge is -2.12. The van der Waals surface area contributed by atoms with Crippen LogP contribution in [0.5, 0.6) is 0 Å². The molecule has 3 rings (SSSR count). The van der Waals surface area contributed by atoms with Crippen molar-refractivity contribution in [2.45, 2.75) is 18.9 Å². The average molecular weight is 268 g/mol. The van der Waals surface area contributed by atoms with E-state index >= 15 is 0 Å². The molecule has 0 fully saturated rings. The SMILES string of the molecule is Cn1ccnc1CCC(O)c1cccc2nccnc12. The fraction of sp³-hybridized carbons (Fsp3) is 0.267. The molecule has 102 valence electrons. The highest BCUT2D eigenvalue weighted by molar-refractivity contribution is 5.77. The van der Waals surface area contributed by atoms with Gasteiger partial charge in [-0.1, -0.05) is 12.1 Å². The van der Waals surface area contributed by atoms with Crippen molar-refractivity contribution in [3.63, 3.8) is 0 Å². The third kappa shape index (κ3) is 2.40. The van der Waals surface area contributed by atoms with Crippen LogP contribution in [0.25, 0.3) is 11.0 Å². The molecular formula is C15H16N4O. The number of hydrogen-bond acceptors (Lipinski definition) is 4. The minimum absolute atomic E-state index is 0.563. The summed E-state index contributed by atoms with van der Waals surface area (Å²) in [5.74, 6) is 0.968. The Hall–Kier alpha value is -2.27. The number of imidazole rings is 1. The highest BCUT2D eigenvalue weighted by Crippen LogP contribution is 2.24. The Kier molecular flexibility index (Phi) is 3.43. The Morgan fingerprint density at radius 2 is 2.00 bits per heavy atom.